The minimum absolute atomic E-state index is 0.0300. The lowest BCUT2D eigenvalue weighted by molar-refractivity contribution is 0.152. The number of alkyl carbamates (subject to hydrolysis) is 1. The van der Waals surface area contributed by atoms with E-state index in [1.807, 2.05) is 0 Å². The van der Waals surface area contributed by atoms with E-state index < -0.39 is 9.84 Å². The summed E-state index contributed by atoms with van der Waals surface area (Å²) in [7, 11) is -2.97. The number of rotatable bonds is 9. The van der Waals surface area contributed by atoms with Crippen molar-refractivity contribution in [3.8, 4) is 0 Å². The van der Waals surface area contributed by atoms with Crippen LogP contribution in [0.2, 0.25) is 0 Å². The van der Waals surface area contributed by atoms with Crippen molar-refractivity contribution in [2.24, 2.45) is 0 Å². The van der Waals surface area contributed by atoms with Crippen molar-refractivity contribution in [3.63, 3.8) is 0 Å². The first-order valence-electron chi connectivity index (χ1n) is 7.78. The Morgan fingerprint density at radius 3 is 2.43 bits per heavy atom. The summed E-state index contributed by atoms with van der Waals surface area (Å²) in [4.78, 5) is 11.0. The Labute approximate surface area is 143 Å². The average molecular weight is 364 g/mol. The standard InChI is InChI=1S/C14H25N3O4S2/c1-2-21-14(18)16-9-6-4-3-5-8-15-13(22)17-12-7-10-23(19,20)11-12/h7H,2-6,8-11H2,1H3,(H,16,18)(H2,15,17,22). The fourth-order valence-corrected chi connectivity index (χ4v) is 3.51. The van der Waals surface area contributed by atoms with E-state index in [2.05, 4.69) is 16.0 Å². The van der Waals surface area contributed by atoms with Crippen molar-refractivity contribution in [2.45, 2.75) is 32.6 Å². The molecule has 0 unspecified atom stereocenters. The zero-order valence-corrected chi connectivity index (χ0v) is 15.0. The number of hydrogen-bond donors (Lipinski definition) is 3. The number of sulfone groups is 1. The Kier molecular flexibility index (Phi) is 8.93. The largest absolute Gasteiger partial charge is 0.450 e. The van der Waals surface area contributed by atoms with Crippen molar-refractivity contribution < 1.29 is 17.9 Å². The summed E-state index contributed by atoms with van der Waals surface area (Å²) < 4.78 is 27.4. The van der Waals surface area contributed by atoms with Gasteiger partial charge in [0.2, 0.25) is 0 Å². The highest BCUT2D eigenvalue weighted by Gasteiger charge is 2.19. The molecule has 0 aromatic rings. The summed E-state index contributed by atoms with van der Waals surface area (Å²) in [5.74, 6) is 0.111. The molecule has 0 atom stereocenters. The number of amides is 1. The van der Waals surface area contributed by atoms with E-state index >= 15 is 0 Å². The van der Waals surface area contributed by atoms with Crippen molar-refractivity contribution in [1.82, 2.24) is 16.0 Å². The van der Waals surface area contributed by atoms with Crippen molar-refractivity contribution in [1.29, 1.82) is 0 Å². The summed E-state index contributed by atoms with van der Waals surface area (Å²) in [6.45, 7) is 3.51. The Morgan fingerprint density at radius 1 is 1.22 bits per heavy atom. The van der Waals surface area contributed by atoms with E-state index in [0.29, 0.717) is 24.0 Å². The zero-order chi connectivity index (χ0) is 17.1. The summed E-state index contributed by atoms with van der Waals surface area (Å²) in [5, 5.41) is 9.10. The summed E-state index contributed by atoms with van der Waals surface area (Å²) in [6, 6.07) is 0. The SMILES string of the molecule is CCOC(=O)NCCCCCCNC(=S)NC1=CCS(=O)(=O)C1. The number of thiocarbonyl (C=S) groups is 1. The van der Waals surface area contributed by atoms with Gasteiger partial charge in [-0.15, -0.1) is 0 Å². The number of nitrogens with one attached hydrogen (secondary N) is 3. The van der Waals surface area contributed by atoms with Gasteiger partial charge in [0.15, 0.2) is 14.9 Å². The lowest BCUT2D eigenvalue weighted by Gasteiger charge is -2.10. The van der Waals surface area contributed by atoms with Gasteiger partial charge in [0.05, 0.1) is 18.1 Å². The van der Waals surface area contributed by atoms with Gasteiger partial charge in [0, 0.05) is 18.8 Å². The molecule has 0 aromatic heterocycles. The van der Waals surface area contributed by atoms with Gasteiger partial charge < -0.3 is 20.7 Å². The zero-order valence-electron chi connectivity index (χ0n) is 13.4. The molecule has 0 radical (unpaired) electrons. The molecule has 0 spiro atoms. The second-order valence-corrected chi connectivity index (χ2v) is 7.74. The smallest absolute Gasteiger partial charge is 0.407 e. The van der Waals surface area contributed by atoms with E-state index in [0.717, 1.165) is 32.2 Å². The first-order valence-corrected chi connectivity index (χ1v) is 10.0. The maximum absolute atomic E-state index is 11.3. The topological polar surface area (TPSA) is 96.5 Å². The molecule has 0 aliphatic carbocycles. The highest BCUT2D eigenvalue weighted by Crippen LogP contribution is 2.08. The van der Waals surface area contributed by atoms with Crippen LogP contribution in [-0.4, -0.2) is 50.8 Å². The number of carbonyl (C=O) groups excluding carboxylic acids is 1. The molecule has 0 saturated carbocycles. The number of hydrogen-bond acceptors (Lipinski definition) is 5. The first-order chi connectivity index (χ1) is 10.9. The van der Waals surface area contributed by atoms with Crippen LogP contribution in [-0.2, 0) is 14.6 Å². The van der Waals surface area contributed by atoms with Crippen LogP contribution in [0, 0.1) is 0 Å². The second-order valence-electron chi connectivity index (χ2n) is 5.23. The third-order valence-electron chi connectivity index (χ3n) is 3.17. The minimum atomic E-state index is -2.97. The predicted octanol–water partition coefficient (Wildman–Crippen LogP) is 1.07. The summed E-state index contributed by atoms with van der Waals surface area (Å²) >= 11 is 5.12. The quantitative estimate of drug-likeness (QED) is 0.416. The molecule has 0 bridgehead atoms. The van der Waals surface area contributed by atoms with E-state index in [-0.39, 0.29) is 17.6 Å². The van der Waals surface area contributed by atoms with Crippen LogP contribution in [0.4, 0.5) is 4.79 Å². The van der Waals surface area contributed by atoms with E-state index in [1.54, 1.807) is 13.0 Å². The molecule has 9 heteroatoms. The molecule has 1 amide bonds. The molecule has 3 N–H and O–H groups in total. The van der Waals surface area contributed by atoms with Crippen molar-refractivity contribution in [2.75, 3.05) is 31.2 Å². The van der Waals surface area contributed by atoms with Crippen molar-refractivity contribution in [3.05, 3.63) is 11.8 Å². The van der Waals surface area contributed by atoms with Crippen LogP contribution in [0.25, 0.3) is 0 Å². The fraction of sp³-hybridized carbons (Fsp3) is 0.714. The minimum Gasteiger partial charge on any atom is -0.450 e. The van der Waals surface area contributed by atoms with Gasteiger partial charge in [-0.2, -0.15) is 0 Å². The first kappa shape index (κ1) is 19.7. The molecule has 132 valence electrons. The molecular formula is C14H25N3O4S2. The van der Waals surface area contributed by atoms with Crippen LogP contribution < -0.4 is 16.0 Å². The maximum Gasteiger partial charge on any atom is 0.407 e. The Hall–Kier alpha value is -1.35. The molecule has 1 aliphatic rings. The summed E-state index contributed by atoms with van der Waals surface area (Å²) in [6.07, 6.45) is 5.19. The van der Waals surface area contributed by atoms with Gasteiger partial charge in [-0.3, -0.25) is 0 Å². The predicted molar refractivity (Wildman–Crippen MR) is 94.0 cm³/mol. The second kappa shape index (κ2) is 10.4. The normalized spacial score (nSPS) is 15.6. The molecule has 7 nitrogen and oxygen atoms in total. The van der Waals surface area contributed by atoms with E-state index in [4.69, 9.17) is 17.0 Å². The van der Waals surface area contributed by atoms with E-state index in [9.17, 15) is 13.2 Å². The fourth-order valence-electron chi connectivity index (χ4n) is 2.04. The number of ether oxygens (including phenoxy) is 1. The molecule has 0 aromatic carbocycles. The Morgan fingerprint density at radius 2 is 1.87 bits per heavy atom. The molecule has 0 fully saturated rings. The van der Waals surface area contributed by atoms with Crippen molar-refractivity contribution >= 4 is 33.3 Å². The number of unbranched alkanes of at least 4 members (excludes halogenated alkanes) is 3. The molecular weight excluding hydrogens is 338 g/mol. The Bertz CT molecular complexity index is 532. The third kappa shape index (κ3) is 9.39. The van der Waals surface area contributed by atoms with Crippen LogP contribution in [0.15, 0.2) is 11.8 Å². The van der Waals surface area contributed by atoms with Gasteiger partial charge in [0.25, 0.3) is 0 Å². The van der Waals surface area contributed by atoms with Crippen LogP contribution >= 0.6 is 12.2 Å². The highest BCUT2D eigenvalue weighted by molar-refractivity contribution is 7.92. The molecule has 1 rings (SSSR count). The number of carbonyl (C=O) groups is 1. The van der Waals surface area contributed by atoms with Gasteiger partial charge in [-0.25, -0.2) is 13.2 Å². The van der Waals surface area contributed by atoms with E-state index in [1.165, 1.54) is 0 Å². The van der Waals surface area contributed by atoms with Gasteiger partial charge in [0.1, 0.15) is 0 Å². The monoisotopic (exact) mass is 363 g/mol. The van der Waals surface area contributed by atoms with Crippen LogP contribution in [0.3, 0.4) is 0 Å². The molecule has 1 heterocycles. The van der Waals surface area contributed by atoms with Gasteiger partial charge >= 0.3 is 6.09 Å². The van der Waals surface area contributed by atoms with Gasteiger partial charge in [-0.1, -0.05) is 12.8 Å². The Balaban J connectivity index is 1.95. The molecule has 23 heavy (non-hydrogen) atoms. The maximum atomic E-state index is 11.3. The molecule has 0 saturated heterocycles. The highest BCUT2D eigenvalue weighted by atomic mass is 32.2. The third-order valence-corrected chi connectivity index (χ3v) is 4.84. The lowest BCUT2D eigenvalue weighted by Crippen LogP contribution is -2.35. The van der Waals surface area contributed by atoms with Gasteiger partial charge in [-0.05, 0) is 38.1 Å². The molecule has 1 aliphatic heterocycles. The summed E-state index contributed by atoms with van der Waals surface area (Å²) in [5.41, 5.74) is 0.646. The van der Waals surface area contributed by atoms with Crippen LogP contribution in [0.5, 0.6) is 0 Å². The van der Waals surface area contributed by atoms with Crippen LogP contribution in [0.1, 0.15) is 32.6 Å². The lowest BCUT2D eigenvalue weighted by atomic mass is 10.2. The average Bonchev–Trinajstić information content (AvgIpc) is 2.81.